The molecule has 0 spiro atoms. The molecule has 0 saturated heterocycles. The maximum absolute atomic E-state index is 10.2. The molecule has 0 aliphatic carbocycles. The molecule has 0 aliphatic rings. The number of methoxy groups -OCH3 is 2. The number of isocyanates is 1. The van der Waals surface area contributed by atoms with Gasteiger partial charge in [-0.2, -0.15) is 0 Å². The predicted octanol–water partition coefficient (Wildman–Crippen LogP) is 2.86. The minimum Gasteiger partial charge on any atom is -0.493 e. The summed E-state index contributed by atoms with van der Waals surface area (Å²) in [5, 5.41) is 0. The van der Waals surface area contributed by atoms with Crippen molar-refractivity contribution in [1.29, 1.82) is 0 Å². The van der Waals surface area contributed by atoms with Gasteiger partial charge in [-0.1, -0.05) is 6.92 Å². The summed E-state index contributed by atoms with van der Waals surface area (Å²) in [5.41, 5.74) is 1.99. The van der Waals surface area contributed by atoms with Crippen LogP contribution in [0, 0.1) is 0 Å². The fourth-order valence-corrected chi connectivity index (χ4v) is 2.57. The van der Waals surface area contributed by atoms with Gasteiger partial charge in [0.1, 0.15) is 0 Å². The molecule has 0 aliphatic heterocycles. The Morgan fingerprint density at radius 3 is 2.59 bits per heavy atom. The highest BCUT2D eigenvalue weighted by atomic mass is 79.9. The van der Waals surface area contributed by atoms with E-state index in [1.165, 1.54) is 0 Å². The average Bonchev–Trinajstić information content (AvgIpc) is 2.35. The number of ether oxygens (including phenoxy) is 2. The second kappa shape index (κ2) is 6.42. The van der Waals surface area contributed by atoms with E-state index >= 15 is 0 Å². The van der Waals surface area contributed by atoms with Gasteiger partial charge in [-0.05, 0) is 39.5 Å². The first-order valence-corrected chi connectivity index (χ1v) is 5.94. The molecule has 4 nitrogen and oxygen atoms in total. The molecule has 0 fully saturated rings. The molecule has 0 unspecified atom stereocenters. The van der Waals surface area contributed by atoms with Crippen LogP contribution in [0.3, 0.4) is 0 Å². The van der Waals surface area contributed by atoms with Crippen LogP contribution in [0.5, 0.6) is 11.5 Å². The highest BCUT2D eigenvalue weighted by Crippen LogP contribution is 2.40. The van der Waals surface area contributed by atoms with Crippen molar-refractivity contribution in [1.82, 2.24) is 0 Å². The molecule has 92 valence electrons. The van der Waals surface area contributed by atoms with Crippen LogP contribution in [0.4, 0.5) is 0 Å². The Morgan fingerprint density at radius 2 is 2.12 bits per heavy atom. The molecule has 0 heterocycles. The Hall–Kier alpha value is -1.32. The van der Waals surface area contributed by atoms with Crippen molar-refractivity contribution in [2.45, 2.75) is 19.9 Å². The highest BCUT2D eigenvalue weighted by Gasteiger charge is 2.16. The molecule has 0 amide bonds. The van der Waals surface area contributed by atoms with Crippen LogP contribution >= 0.6 is 15.9 Å². The first-order valence-electron chi connectivity index (χ1n) is 5.15. The van der Waals surface area contributed by atoms with Crippen molar-refractivity contribution in [2.24, 2.45) is 4.99 Å². The van der Waals surface area contributed by atoms with Gasteiger partial charge in [-0.3, -0.25) is 0 Å². The average molecular weight is 300 g/mol. The number of aliphatic imine (C=N–C) groups is 1. The van der Waals surface area contributed by atoms with Crippen LogP contribution in [0.25, 0.3) is 0 Å². The summed E-state index contributed by atoms with van der Waals surface area (Å²) in [4.78, 5) is 13.8. The Bertz CT molecular complexity index is 454. The van der Waals surface area contributed by atoms with Gasteiger partial charge >= 0.3 is 0 Å². The summed E-state index contributed by atoms with van der Waals surface area (Å²) in [6, 6.07) is 1.84. The summed E-state index contributed by atoms with van der Waals surface area (Å²) in [5.74, 6) is 1.27. The van der Waals surface area contributed by atoms with E-state index in [-0.39, 0.29) is 0 Å². The van der Waals surface area contributed by atoms with Crippen LogP contribution < -0.4 is 9.47 Å². The third-order valence-electron chi connectivity index (χ3n) is 2.47. The Kier molecular flexibility index (Phi) is 5.19. The molecule has 17 heavy (non-hydrogen) atoms. The summed E-state index contributed by atoms with van der Waals surface area (Å²) in [6.07, 6.45) is 2.35. The van der Waals surface area contributed by atoms with Gasteiger partial charge in [-0.15, -0.1) is 0 Å². The molecule has 0 atom stereocenters. The summed E-state index contributed by atoms with van der Waals surface area (Å²) in [6.45, 7) is 2.33. The highest BCUT2D eigenvalue weighted by molar-refractivity contribution is 9.10. The summed E-state index contributed by atoms with van der Waals surface area (Å²) >= 11 is 3.49. The van der Waals surface area contributed by atoms with Gasteiger partial charge in [0.15, 0.2) is 11.5 Å². The number of halogens is 1. The van der Waals surface area contributed by atoms with Crippen molar-refractivity contribution in [3.05, 3.63) is 21.7 Å². The molecule has 0 saturated carbocycles. The lowest BCUT2D eigenvalue weighted by atomic mass is 10.0. The molecule has 0 radical (unpaired) electrons. The molecular formula is C12H14BrNO3. The van der Waals surface area contributed by atoms with E-state index in [0.29, 0.717) is 18.0 Å². The fourth-order valence-electron chi connectivity index (χ4n) is 1.68. The zero-order chi connectivity index (χ0) is 12.8. The Morgan fingerprint density at radius 1 is 1.41 bits per heavy atom. The van der Waals surface area contributed by atoms with Gasteiger partial charge in [0.25, 0.3) is 0 Å². The van der Waals surface area contributed by atoms with Crippen molar-refractivity contribution < 1.29 is 14.3 Å². The van der Waals surface area contributed by atoms with Crippen LogP contribution in [0.15, 0.2) is 15.5 Å². The molecule has 1 aromatic rings. The number of carbonyl (C=O) groups excluding carboxylic acids is 1. The normalized spacial score (nSPS) is 9.65. The zero-order valence-corrected chi connectivity index (χ0v) is 11.6. The molecule has 1 aromatic carbocycles. The second-order valence-corrected chi connectivity index (χ2v) is 4.12. The lowest BCUT2D eigenvalue weighted by molar-refractivity contribution is 0.352. The van der Waals surface area contributed by atoms with E-state index < -0.39 is 0 Å². The van der Waals surface area contributed by atoms with Crippen LogP contribution in [0.1, 0.15) is 18.1 Å². The Balaban J connectivity index is 3.38. The minimum absolute atomic E-state index is 0.297. The summed E-state index contributed by atoms with van der Waals surface area (Å²) in [7, 11) is 3.16. The molecule has 0 aromatic heterocycles. The molecule has 5 heteroatoms. The van der Waals surface area contributed by atoms with Crippen molar-refractivity contribution in [3.8, 4) is 11.5 Å². The predicted molar refractivity (Wildman–Crippen MR) is 68.4 cm³/mol. The standard InChI is InChI=1S/C12H14BrNO3/c1-4-9-8(6-14-7-15)5-10(16-2)12(17-3)11(9)13/h5H,4,6H2,1-3H3. The number of benzene rings is 1. The number of hydrogen-bond acceptors (Lipinski definition) is 4. The molecule has 0 N–H and O–H groups in total. The Labute approximate surface area is 109 Å². The van der Waals surface area contributed by atoms with E-state index in [1.54, 1.807) is 20.3 Å². The third-order valence-corrected chi connectivity index (χ3v) is 3.31. The molecule has 0 bridgehead atoms. The van der Waals surface area contributed by atoms with Gasteiger partial charge < -0.3 is 9.47 Å². The maximum Gasteiger partial charge on any atom is 0.235 e. The lowest BCUT2D eigenvalue weighted by Gasteiger charge is -2.15. The maximum atomic E-state index is 10.2. The van der Waals surface area contributed by atoms with E-state index in [4.69, 9.17) is 9.47 Å². The van der Waals surface area contributed by atoms with Crippen molar-refractivity contribution in [3.63, 3.8) is 0 Å². The van der Waals surface area contributed by atoms with E-state index in [2.05, 4.69) is 20.9 Å². The lowest BCUT2D eigenvalue weighted by Crippen LogP contribution is -1.99. The summed E-state index contributed by atoms with van der Waals surface area (Å²) < 4.78 is 11.4. The van der Waals surface area contributed by atoms with Crippen LogP contribution in [-0.4, -0.2) is 20.3 Å². The van der Waals surface area contributed by atoms with Gasteiger partial charge in [0, 0.05) is 0 Å². The van der Waals surface area contributed by atoms with Crippen molar-refractivity contribution >= 4 is 22.0 Å². The van der Waals surface area contributed by atoms with E-state index in [9.17, 15) is 4.79 Å². The molecule has 1 rings (SSSR count). The smallest absolute Gasteiger partial charge is 0.235 e. The SMILES string of the molecule is CCc1c(CN=C=O)cc(OC)c(OC)c1Br. The van der Waals surface area contributed by atoms with Gasteiger partial charge in [0.2, 0.25) is 6.08 Å². The zero-order valence-electron chi connectivity index (χ0n) is 10.0. The number of hydrogen-bond donors (Lipinski definition) is 0. The fraction of sp³-hybridized carbons (Fsp3) is 0.417. The monoisotopic (exact) mass is 299 g/mol. The first kappa shape index (κ1) is 13.7. The number of rotatable bonds is 5. The quantitative estimate of drug-likeness (QED) is 0.620. The van der Waals surface area contributed by atoms with E-state index in [0.717, 1.165) is 22.0 Å². The topological polar surface area (TPSA) is 47.9 Å². The minimum atomic E-state index is 0.297. The third kappa shape index (κ3) is 2.87. The van der Waals surface area contributed by atoms with Crippen LogP contribution in [0.2, 0.25) is 0 Å². The van der Waals surface area contributed by atoms with Crippen molar-refractivity contribution in [2.75, 3.05) is 14.2 Å². The van der Waals surface area contributed by atoms with Gasteiger partial charge in [-0.25, -0.2) is 9.79 Å². The van der Waals surface area contributed by atoms with Crippen LogP contribution in [-0.2, 0) is 17.8 Å². The second-order valence-electron chi connectivity index (χ2n) is 3.32. The number of nitrogens with zero attached hydrogens (tertiary/aromatic N) is 1. The molecular weight excluding hydrogens is 286 g/mol. The first-order chi connectivity index (χ1) is 8.19. The largest absolute Gasteiger partial charge is 0.493 e. The van der Waals surface area contributed by atoms with E-state index in [1.807, 2.05) is 13.0 Å². The van der Waals surface area contributed by atoms with Gasteiger partial charge in [0.05, 0.1) is 25.2 Å².